The summed E-state index contributed by atoms with van der Waals surface area (Å²) < 4.78 is 16.0. The molecular formula is C24H30N2O5. The number of rotatable bonds is 9. The molecule has 0 radical (unpaired) electrons. The van der Waals surface area contributed by atoms with E-state index in [4.69, 9.17) is 14.2 Å². The van der Waals surface area contributed by atoms with Gasteiger partial charge in [-0.25, -0.2) is 0 Å². The van der Waals surface area contributed by atoms with Gasteiger partial charge in [-0.05, 0) is 24.6 Å². The highest BCUT2D eigenvalue weighted by Crippen LogP contribution is 2.39. The van der Waals surface area contributed by atoms with Gasteiger partial charge in [-0.15, -0.1) is 0 Å². The Kier molecular flexibility index (Phi) is 7.89. The second-order valence-electron chi connectivity index (χ2n) is 7.53. The van der Waals surface area contributed by atoms with Crippen molar-refractivity contribution >= 4 is 11.8 Å². The minimum atomic E-state index is -0.377. The number of nitrogens with one attached hydrogen (secondary N) is 1. The number of amides is 2. The number of ether oxygens (including phenoxy) is 3. The van der Waals surface area contributed by atoms with E-state index in [1.807, 2.05) is 36.4 Å². The Balaban J connectivity index is 1.86. The predicted molar refractivity (Wildman–Crippen MR) is 118 cm³/mol. The lowest BCUT2D eigenvalue weighted by molar-refractivity contribution is -0.124. The fourth-order valence-corrected chi connectivity index (χ4v) is 4.00. The zero-order valence-electron chi connectivity index (χ0n) is 18.3. The molecule has 1 aliphatic rings. The summed E-state index contributed by atoms with van der Waals surface area (Å²) in [5.74, 6) is 0.621. The summed E-state index contributed by atoms with van der Waals surface area (Å²) in [6.07, 6.45) is 0.734. The van der Waals surface area contributed by atoms with E-state index in [1.54, 1.807) is 38.4 Å². The van der Waals surface area contributed by atoms with E-state index in [9.17, 15) is 9.59 Å². The lowest BCUT2D eigenvalue weighted by Gasteiger charge is -2.21. The molecule has 1 N–H and O–H groups in total. The van der Waals surface area contributed by atoms with Crippen LogP contribution >= 0.6 is 0 Å². The van der Waals surface area contributed by atoms with Crippen molar-refractivity contribution in [1.29, 1.82) is 0 Å². The standard InChI is InChI=1S/C24H30N2O5/c1-29-13-7-12-25-23(27)21-16-26(24(28)17-8-5-4-6-9-17)15-20(21)19-11-10-18(30-2)14-22(19)31-3/h4-6,8-11,14,20-21H,7,12-13,15-16H2,1-3H3,(H,25,27). The van der Waals surface area contributed by atoms with Gasteiger partial charge in [0.25, 0.3) is 5.91 Å². The van der Waals surface area contributed by atoms with Crippen LogP contribution in [-0.4, -0.2) is 64.3 Å². The molecule has 1 saturated heterocycles. The first-order valence-corrected chi connectivity index (χ1v) is 10.4. The fraction of sp³-hybridized carbons (Fsp3) is 0.417. The smallest absolute Gasteiger partial charge is 0.253 e. The lowest BCUT2D eigenvalue weighted by atomic mass is 9.87. The summed E-state index contributed by atoms with van der Waals surface area (Å²) in [5, 5.41) is 3.00. The second-order valence-corrected chi connectivity index (χ2v) is 7.53. The van der Waals surface area contributed by atoms with E-state index in [1.165, 1.54) is 0 Å². The van der Waals surface area contributed by atoms with Crippen molar-refractivity contribution in [3.63, 3.8) is 0 Å². The van der Waals surface area contributed by atoms with Crippen molar-refractivity contribution < 1.29 is 23.8 Å². The van der Waals surface area contributed by atoms with Crippen molar-refractivity contribution in [3.8, 4) is 11.5 Å². The van der Waals surface area contributed by atoms with E-state index in [2.05, 4.69) is 5.32 Å². The van der Waals surface area contributed by atoms with Gasteiger partial charge in [-0.2, -0.15) is 0 Å². The van der Waals surface area contributed by atoms with Crippen LogP contribution in [0.4, 0.5) is 0 Å². The molecule has 1 aliphatic heterocycles. The normalized spacial score (nSPS) is 18.0. The molecular weight excluding hydrogens is 396 g/mol. The van der Waals surface area contributed by atoms with Gasteiger partial charge in [0.1, 0.15) is 11.5 Å². The van der Waals surface area contributed by atoms with Crippen molar-refractivity contribution in [1.82, 2.24) is 10.2 Å². The largest absolute Gasteiger partial charge is 0.497 e. The molecule has 166 valence electrons. The third kappa shape index (κ3) is 5.35. The topological polar surface area (TPSA) is 77.1 Å². The van der Waals surface area contributed by atoms with E-state index >= 15 is 0 Å². The minimum absolute atomic E-state index is 0.0673. The lowest BCUT2D eigenvalue weighted by Crippen LogP contribution is -2.36. The summed E-state index contributed by atoms with van der Waals surface area (Å²) in [5.41, 5.74) is 1.51. The molecule has 3 rings (SSSR count). The number of likely N-dealkylation sites (tertiary alicyclic amines) is 1. The Hall–Kier alpha value is -3.06. The van der Waals surface area contributed by atoms with Crippen LogP contribution in [0.3, 0.4) is 0 Å². The Morgan fingerprint density at radius 3 is 2.48 bits per heavy atom. The van der Waals surface area contributed by atoms with Crippen molar-refractivity contribution in [3.05, 3.63) is 59.7 Å². The average Bonchev–Trinajstić information content (AvgIpc) is 3.26. The Morgan fingerprint density at radius 1 is 1.03 bits per heavy atom. The molecule has 0 aromatic heterocycles. The maximum Gasteiger partial charge on any atom is 0.253 e. The highest BCUT2D eigenvalue weighted by molar-refractivity contribution is 5.95. The van der Waals surface area contributed by atoms with Gasteiger partial charge in [0.15, 0.2) is 0 Å². The number of hydrogen-bond donors (Lipinski definition) is 1. The summed E-state index contributed by atoms with van der Waals surface area (Å²) in [6.45, 7) is 1.90. The monoisotopic (exact) mass is 426 g/mol. The molecule has 0 aliphatic carbocycles. The average molecular weight is 427 g/mol. The van der Waals surface area contributed by atoms with Gasteiger partial charge >= 0.3 is 0 Å². The molecule has 2 aromatic rings. The number of benzene rings is 2. The molecule has 31 heavy (non-hydrogen) atoms. The van der Waals surface area contributed by atoms with Crippen molar-refractivity contribution in [2.24, 2.45) is 5.92 Å². The van der Waals surface area contributed by atoms with Gasteiger partial charge in [-0.1, -0.05) is 24.3 Å². The third-order valence-corrected chi connectivity index (χ3v) is 5.63. The van der Waals surface area contributed by atoms with Crippen LogP contribution in [0.1, 0.15) is 28.3 Å². The van der Waals surface area contributed by atoms with E-state index in [-0.39, 0.29) is 23.7 Å². The summed E-state index contributed by atoms with van der Waals surface area (Å²) >= 11 is 0. The summed E-state index contributed by atoms with van der Waals surface area (Å²) in [7, 11) is 4.83. The van der Waals surface area contributed by atoms with Gasteiger partial charge in [0.05, 0.1) is 20.1 Å². The van der Waals surface area contributed by atoms with Gasteiger partial charge in [0.2, 0.25) is 5.91 Å². The molecule has 7 nitrogen and oxygen atoms in total. The Bertz CT molecular complexity index is 887. The first-order valence-electron chi connectivity index (χ1n) is 10.4. The summed E-state index contributed by atoms with van der Waals surface area (Å²) in [4.78, 5) is 27.9. The number of carbonyl (C=O) groups is 2. The molecule has 0 bridgehead atoms. The zero-order chi connectivity index (χ0) is 22.2. The molecule has 2 aromatic carbocycles. The van der Waals surface area contributed by atoms with E-state index < -0.39 is 0 Å². The van der Waals surface area contributed by atoms with E-state index in [0.717, 1.165) is 12.0 Å². The molecule has 2 atom stereocenters. The maximum absolute atomic E-state index is 13.1. The number of methoxy groups -OCH3 is 3. The molecule has 0 spiro atoms. The number of hydrogen-bond acceptors (Lipinski definition) is 5. The quantitative estimate of drug-likeness (QED) is 0.624. The maximum atomic E-state index is 13.1. The molecule has 2 unspecified atom stereocenters. The van der Waals surface area contributed by atoms with E-state index in [0.29, 0.717) is 43.3 Å². The molecule has 1 fully saturated rings. The molecule has 1 heterocycles. The van der Waals surface area contributed by atoms with Crippen LogP contribution < -0.4 is 14.8 Å². The molecule has 7 heteroatoms. The van der Waals surface area contributed by atoms with Gasteiger partial charge < -0.3 is 24.4 Å². The first-order chi connectivity index (χ1) is 15.1. The fourth-order valence-electron chi connectivity index (χ4n) is 4.00. The van der Waals surface area contributed by atoms with Crippen LogP contribution in [0, 0.1) is 5.92 Å². The second kappa shape index (κ2) is 10.8. The Morgan fingerprint density at radius 2 is 1.81 bits per heavy atom. The molecule has 0 saturated carbocycles. The highest BCUT2D eigenvalue weighted by atomic mass is 16.5. The number of nitrogens with zero attached hydrogens (tertiary/aromatic N) is 1. The number of carbonyl (C=O) groups excluding carboxylic acids is 2. The minimum Gasteiger partial charge on any atom is -0.497 e. The third-order valence-electron chi connectivity index (χ3n) is 5.63. The molecule has 2 amide bonds. The van der Waals surface area contributed by atoms with Gasteiger partial charge in [-0.3, -0.25) is 9.59 Å². The van der Waals surface area contributed by atoms with Crippen LogP contribution in [0.15, 0.2) is 48.5 Å². The predicted octanol–water partition coefficient (Wildman–Crippen LogP) is 2.71. The Labute approximate surface area is 183 Å². The first kappa shape index (κ1) is 22.6. The van der Waals surface area contributed by atoms with Crippen LogP contribution in [-0.2, 0) is 9.53 Å². The van der Waals surface area contributed by atoms with Crippen LogP contribution in [0.5, 0.6) is 11.5 Å². The zero-order valence-corrected chi connectivity index (χ0v) is 18.3. The SMILES string of the molecule is COCCCNC(=O)C1CN(C(=O)c2ccccc2)CC1c1ccc(OC)cc1OC. The summed E-state index contributed by atoms with van der Waals surface area (Å²) in [6, 6.07) is 14.7. The van der Waals surface area contributed by atoms with Gasteiger partial charge in [0, 0.05) is 56.5 Å². The van der Waals surface area contributed by atoms with Crippen molar-refractivity contribution in [2.45, 2.75) is 12.3 Å². The van der Waals surface area contributed by atoms with Crippen LogP contribution in [0.2, 0.25) is 0 Å². The highest BCUT2D eigenvalue weighted by Gasteiger charge is 2.41. The van der Waals surface area contributed by atoms with Crippen molar-refractivity contribution in [2.75, 3.05) is 47.6 Å². The van der Waals surface area contributed by atoms with Crippen LogP contribution in [0.25, 0.3) is 0 Å².